The quantitative estimate of drug-likeness (QED) is 0.627. The molecule has 3 rings (SSSR count). The van der Waals surface area contributed by atoms with Gasteiger partial charge in [-0.05, 0) is 66.9 Å². The Hall–Kier alpha value is -2.48. The van der Waals surface area contributed by atoms with Crippen molar-refractivity contribution < 1.29 is 9.53 Å². The highest BCUT2D eigenvalue weighted by molar-refractivity contribution is 5.81. The minimum Gasteiger partial charge on any atom is -0.497 e. The topological polar surface area (TPSA) is 76.4 Å². The molecule has 0 saturated carbocycles. The van der Waals surface area contributed by atoms with Crippen LogP contribution in [-0.2, 0) is 11.2 Å². The molecule has 1 aliphatic heterocycles. The van der Waals surface area contributed by atoms with Crippen molar-refractivity contribution >= 4 is 5.91 Å². The van der Waals surface area contributed by atoms with Crippen molar-refractivity contribution in [2.75, 3.05) is 39.8 Å². The fourth-order valence-electron chi connectivity index (χ4n) is 4.22. The zero-order valence-corrected chi connectivity index (χ0v) is 18.6. The molecule has 1 aliphatic rings. The Labute approximate surface area is 179 Å². The third-order valence-electron chi connectivity index (χ3n) is 6.14. The first-order chi connectivity index (χ1) is 14.5. The number of carbonyl (C=O) groups excluding carboxylic acids is 1. The minimum absolute atomic E-state index is 0.0921. The number of aromatic nitrogens is 4. The molecule has 0 radical (unpaired) electrons. The van der Waals surface area contributed by atoms with Gasteiger partial charge in [-0.3, -0.25) is 4.79 Å². The van der Waals surface area contributed by atoms with Crippen LogP contribution >= 0.6 is 0 Å². The predicted octanol–water partition coefficient (Wildman–Crippen LogP) is 2.35. The summed E-state index contributed by atoms with van der Waals surface area (Å²) in [6.07, 6.45) is 2.62. The molecule has 1 aromatic heterocycles. The van der Waals surface area contributed by atoms with Crippen molar-refractivity contribution in [1.82, 2.24) is 30.0 Å². The molecule has 8 nitrogen and oxygen atoms in total. The first-order valence-corrected chi connectivity index (χ1v) is 10.9. The van der Waals surface area contributed by atoms with Gasteiger partial charge in [0.1, 0.15) is 17.6 Å². The van der Waals surface area contributed by atoms with Gasteiger partial charge in [-0.2, -0.15) is 0 Å². The summed E-state index contributed by atoms with van der Waals surface area (Å²) in [6, 6.07) is 7.38. The van der Waals surface area contributed by atoms with E-state index in [1.807, 2.05) is 36.1 Å². The molecular weight excluding hydrogens is 380 g/mol. The average molecular weight is 415 g/mol. The summed E-state index contributed by atoms with van der Waals surface area (Å²) in [5.41, 5.74) is 1.03. The SMILES string of the molecule is CCN(CC)CC1CCN(C(=O)[C@@H](Cc2cccc(OC)c2)n2nnnc2C)CC1. The van der Waals surface area contributed by atoms with Crippen molar-refractivity contribution in [2.45, 2.75) is 46.1 Å². The van der Waals surface area contributed by atoms with Crippen molar-refractivity contribution in [3.63, 3.8) is 0 Å². The van der Waals surface area contributed by atoms with E-state index in [9.17, 15) is 4.79 Å². The summed E-state index contributed by atoms with van der Waals surface area (Å²) in [7, 11) is 1.65. The number of amides is 1. The Morgan fingerprint density at radius 2 is 2.00 bits per heavy atom. The number of benzene rings is 1. The fraction of sp³-hybridized carbons (Fsp3) is 0.636. The largest absolute Gasteiger partial charge is 0.497 e. The molecule has 1 amide bonds. The smallest absolute Gasteiger partial charge is 0.247 e. The monoisotopic (exact) mass is 414 g/mol. The van der Waals surface area contributed by atoms with E-state index in [0.717, 1.165) is 56.9 Å². The second-order valence-corrected chi connectivity index (χ2v) is 8.00. The summed E-state index contributed by atoms with van der Waals surface area (Å²) in [5.74, 6) is 2.17. The molecule has 1 atom stereocenters. The van der Waals surface area contributed by atoms with E-state index in [2.05, 4.69) is 34.3 Å². The molecule has 0 N–H and O–H groups in total. The Morgan fingerprint density at radius 3 is 2.60 bits per heavy atom. The van der Waals surface area contributed by atoms with Gasteiger partial charge < -0.3 is 14.5 Å². The molecule has 1 aromatic carbocycles. The van der Waals surface area contributed by atoms with Crippen molar-refractivity contribution in [1.29, 1.82) is 0 Å². The number of hydrogen-bond donors (Lipinski definition) is 0. The molecular formula is C22H34N6O2. The summed E-state index contributed by atoms with van der Waals surface area (Å²) in [4.78, 5) is 18.0. The summed E-state index contributed by atoms with van der Waals surface area (Å²) in [6.45, 7) is 11.1. The number of ether oxygens (including phenoxy) is 1. The summed E-state index contributed by atoms with van der Waals surface area (Å²) >= 11 is 0. The van der Waals surface area contributed by atoms with E-state index in [0.29, 0.717) is 18.2 Å². The van der Waals surface area contributed by atoms with Gasteiger partial charge in [-0.1, -0.05) is 26.0 Å². The number of carbonyl (C=O) groups is 1. The molecule has 164 valence electrons. The number of tetrazole rings is 1. The summed E-state index contributed by atoms with van der Waals surface area (Å²) < 4.78 is 7.00. The highest BCUT2D eigenvalue weighted by Gasteiger charge is 2.31. The number of aryl methyl sites for hydroxylation is 1. The van der Waals surface area contributed by atoms with Gasteiger partial charge in [0.15, 0.2) is 0 Å². The lowest BCUT2D eigenvalue weighted by Gasteiger charge is -2.36. The van der Waals surface area contributed by atoms with E-state index in [1.54, 1.807) is 11.8 Å². The number of nitrogens with zero attached hydrogens (tertiary/aromatic N) is 6. The standard InChI is InChI=1S/C22H34N6O2/c1-5-26(6-2)16-18-10-12-27(13-11-18)22(29)21(28-17(3)23-24-25-28)15-19-8-7-9-20(14-19)30-4/h7-9,14,18,21H,5-6,10-13,15-16H2,1-4H3/t21-/m1/s1. The number of rotatable bonds is 9. The molecule has 0 spiro atoms. The minimum atomic E-state index is -0.452. The molecule has 8 heteroatoms. The van der Waals surface area contributed by atoms with Crippen molar-refractivity contribution in [3.8, 4) is 5.75 Å². The molecule has 0 aliphatic carbocycles. The highest BCUT2D eigenvalue weighted by Crippen LogP contribution is 2.24. The average Bonchev–Trinajstić information content (AvgIpc) is 3.21. The normalized spacial score (nSPS) is 16.1. The van der Waals surface area contributed by atoms with Crippen LogP contribution in [-0.4, -0.2) is 75.7 Å². The third kappa shape index (κ3) is 5.36. The second-order valence-electron chi connectivity index (χ2n) is 8.00. The van der Waals surface area contributed by atoms with Crippen molar-refractivity contribution in [3.05, 3.63) is 35.7 Å². The zero-order valence-electron chi connectivity index (χ0n) is 18.6. The van der Waals surface area contributed by atoms with E-state index in [4.69, 9.17) is 4.74 Å². The van der Waals surface area contributed by atoms with Gasteiger partial charge >= 0.3 is 0 Å². The highest BCUT2D eigenvalue weighted by atomic mass is 16.5. The van der Waals surface area contributed by atoms with Crippen LogP contribution < -0.4 is 4.74 Å². The number of likely N-dealkylation sites (tertiary alicyclic amines) is 1. The van der Waals surface area contributed by atoms with E-state index >= 15 is 0 Å². The maximum atomic E-state index is 13.5. The number of piperidine rings is 1. The van der Waals surface area contributed by atoms with Crippen LogP contribution in [0.1, 0.15) is 44.1 Å². The first kappa shape index (κ1) is 22.2. The Kier molecular flexibility index (Phi) is 7.79. The lowest BCUT2D eigenvalue weighted by molar-refractivity contribution is -0.136. The molecule has 1 fully saturated rings. The molecule has 2 aromatic rings. The number of hydrogen-bond acceptors (Lipinski definition) is 6. The predicted molar refractivity (Wildman–Crippen MR) is 115 cm³/mol. The van der Waals surface area contributed by atoms with Crippen molar-refractivity contribution in [2.24, 2.45) is 5.92 Å². The van der Waals surface area contributed by atoms with E-state index in [1.165, 1.54) is 0 Å². The lowest BCUT2D eigenvalue weighted by Crippen LogP contribution is -2.45. The van der Waals surface area contributed by atoms with Gasteiger partial charge in [0, 0.05) is 26.1 Å². The maximum Gasteiger partial charge on any atom is 0.247 e. The second kappa shape index (κ2) is 10.5. The van der Waals surface area contributed by atoms with Crippen LogP contribution in [0.4, 0.5) is 0 Å². The molecule has 30 heavy (non-hydrogen) atoms. The molecule has 0 bridgehead atoms. The van der Waals surface area contributed by atoms with Crippen LogP contribution in [0.25, 0.3) is 0 Å². The van der Waals surface area contributed by atoms with Gasteiger partial charge in [0.2, 0.25) is 5.91 Å². The van der Waals surface area contributed by atoms with E-state index < -0.39 is 6.04 Å². The van der Waals surface area contributed by atoms with Crippen LogP contribution in [0.5, 0.6) is 5.75 Å². The number of methoxy groups -OCH3 is 1. The fourth-order valence-corrected chi connectivity index (χ4v) is 4.22. The van der Waals surface area contributed by atoms with E-state index in [-0.39, 0.29) is 5.91 Å². The Bertz CT molecular complexity index is 811. The molecule has 0 unspecified atom stereocenters. The first-order valence-electron chi connectivity index (χ1n) is 10.9. The van der Waals surface area contributed by atoms with Gasteiger partial charge in [0.25, 0.3) is 0 Å². The van der Waals surface area contributed by atoms with Crippen LogP contribution in [0.15, 0.2) is 24.3 Å². The zero-order chi connectivity index (χ0) is 21.5. The van der Waals surface area contributed by atoms with Gasteiger partial charge in [-0.25, -0.2) is 4.68 Å². The van der Waals surface area contributed by atoms with Crippen LogP contribution in [0.3, 0.4) is 0 Å². The van der Waals surface area contributed by atoms with Gasteiger partial charge in [0.05, 0.1) is 7.11 Å². The summed E-state index contributed by atoms with van der Waals surface area (Å²) in [5, 5.41) is 11.9. The Morgan fingerprint density at radius 1 is 1.27 bits per heavy atom. The van der Waals surface area contributed by atoms with Crippen LogP contribution in [0.2, 0.25) is 0 Å². The molecule has 2 heterocycles. The lowest BCUT2D eigenvalue weighted by atomic mass is 9.95. The third-order valence-corrected chi connectivity index (χ3v) is 6.14. The van der Waals surface area contributed by atoms with Crippen LogP contribution in [0, 0.1) is 12.8 Å². The van der Waals surface area contributed by atoms with Gasteiger partial charge in [-0.15, -0.1) is 5.10 Å². The Balaban J connectivity index is 1.71. The molecule has 1 saturated heterocycles. The maximum absolute atomic E-state index is 13.5.